The van der Waals surface area contributed by atoms with E-state index in [0.717, 1.165) is 11.1 Å². The second-order valence-corrected chi connectivity index (χ2v) is 6.81. The maximum atomic E-state index is 13.2. The minimum Gasteiger partial charge on any atom is -0.496 e. The monoisotopic (exact) mass is 429 g/mol. The molecule has 32 heavy (non-hydrogen) atoms. The molecule has 0 amide bonds. The molecule has 4 rings (SSSR count). The number of aromatic nitrogens is 4. The Morgan fingerprint density at radius 1 is 1.12 bits per heavy atom. The Morgan fingerprint density at radius 2 is 1.94 bits per heavy atom. The molecule has 2 aromatic carbocycles. The van der Waals surface area contributed by atoms with E-state index in [2.05, 4.69) is 20.4 Å². The molecular weight excluding hydrogens is 409 g/mol. The molecular formula is C24H20FN5O2. The number of hydrogen-bond donors (Lipinski definition) is 1. The molecule has 0 radical (unpaired) electrons. The number of carbonyl (C=O) groups excluding carboxylic acids is 1. The van der Waals surface area contributed by atoms with Gasteiger partial charge < -0.3 is 10.1 Å². The van der Waals surface area contributed by atoms with Crippen molar-refractivity contribution in [1.29, 1.82) is 0 Å². The summed E-state index contributed by atoms with van der Waals surface area (Å²) in [5.41, 5.74) is 2.27. The molecule has 0 aliphatic rings. The smallest absolute Gasteiger partial charge is 0.274 e. The zero-order chi connectivity index (χ0) is 22.3. The fourth-order valence-electron chi connectivity index (χ4n) is 3.02. The SMILES string of the molecule is COc1ccccc1C=CC(=O)n1nc(-c2cccnc2)nc1NCc1ccc(F)cc1. The van der Waals surface area contributed by atoms with E-state index in [1.165, 1.54) is 22.9 Å². The third kappa shape index (κ3) is 4.86. The van der Waals surface area contributed by atoms with Crippen LogP contribution in [0.1, 0.15) is 15.9 Å². The summed E-state index contributed by atoms with van der Waals surface area (Å²) in [4.78, 5) is 21.5. The molecule has 0 spiro atoms. The quantitative estimate of drug-likeness (QED) is 0.437. The number of ether oxygens (including phenoxy) is 1. The summed E-state index contributed by atoms with van der Waals surface area (Å²) in [6.07, 6.45) is 6.34. The van der Waals surface area contributed by atoms with Gasteiger partial charge in [-0.05, 0) is 42.0 Å². The minimum absolute atomic E-state index is 0.267. The Labute approximate surface area is 184 Å². The standard InChI is InChI=1S/C24H20FN5O2/c1-32-21-7-3-2-5-18(21)10-13-22(31)30-24(27-15-17-8-11-20(25)12-9-17)28-23(29-30)19-6-4-14-26-16-19/h2-14,16H,15H2,1H3,(H,27,28,29). The zero-order valence-corrected chi connectivity index (χ0v) is 17.3. The lowest BCUT2D eigenvalue weighted by molar-refractivity contribution is 0.0957. The van der Waals surface area contributed by atoms with Crippen LogP contribution >= 0.6 is 0 Å². The van der Waals surface area contributed by atoms with Crippen LogP contribution in [-0.2, 0) is 6.54 Å². The van der Waals surface area contributed by atoms with Crippen molar-refractivity contribution < 1.29 is 13.9 Å². The van der Waals surface area contributed by atoms with Crippen LogP contribution in [-0.4, -0.2) is 32.8 Å². The van der Waals surface area contributed by atoms with E-state index in [9.17, 15) is 9.18 Å². The first-order valence-electron chi connectivity index (χ1n) is 9.85. The molecule has 4 aromatic rings. The van der Waals surface area contributed by atoms with E-state index in [0.29, 0.717) is 23.7 Å². The van der Waals surface area contributed by atoms with Crippen molar-refractivity contribution >= 4 is 17.9 Å². The van der Waals surface area contributed by atoms with E-state index >= 15 is 0 Å². The predicted molar refractivity (Wildman–Crippen MR) is 120 cm³/mol. The first kappa shape index (κ1) is 20.9. The molecule has 7 nitrogen and oxygen atoms in total. The second kappa shape index (κ2) is 9.65. The van der Waals surface area contributed by atoms with Crippen molar-refractivity contribution in [3.05, 3.63) is 96.1 Å². The van der Waals surface area contributed by atoms with Crippen molar-refractivity contribution in [2.45, 2.75) is 6.54 Å². The summed E-state index contributed by atoms with van der Waals surface area (Å²) in [6.45, 7) is 0.342. The number of methoxy groups -OCH3 is 1. The van der Waals surface area contributed by atoms with Crippen LogP contribution in [0.5, 0.6) is 5.75 Å². The Morgan fingerprint density at radius 3 is 2.69 bits per heavy atom. The number of halogens is 1. The number of benzene rings is 2. The van der Waals surface area contributed by atoms with Gasteiger partial charge in [0.15, 0.2) is 5.82 Å². The van der Waals surface area contributed by atoms with Gasteiger partial charge in [-0.3, -0.25) is 9.78 Å². The van der Waals surface area contributed by atoms with Crippen molar-refractivity contribution in [1.82, 2.24) is 19.7 Å². The maximum Gasteiger partial charge on any atom is 0.274 e. The van der Waals surface area contributed by atoms with Gasteiger partial charge in [0, 0.05) is 36.1 Å². The number of anilines is 1. The first-order valence-corrected chi connectivity index (χ1v) is 9.85. The summed E-state index contributed by atoms with van der Waals surface area (Å²) in [5, 5.41) is 7.48. The predicted octanol–water partition coefficient (Wildman–Crippen LogP) is 4.45. The summed E-state index contributed by atoms with van der Waals surface area (Å²) >= 11 is 0. The lowest BCUT2D eigenvalue weighted by atomic mass is 10.2. The maximum absolute atomic E-state index is 13.2. The fourth-order valence-corrected chi connectivity index (χ4v) is 3.02. The van der Waals surface area contributed by atoms with Gasteiger partial charge >= 0.3 is 0 Å². The van der Waals surface area contributed by atoms with E-state index in [4.69, 9.17) is 4.74 Å². The highest BCUT2D eigenvalue weighted by atomic mass is 19.1. The van der Waals surface area contributed by atoms with Crippen LogP contribution in [0.4, 0.5) is 10.3 Å². The van der Waals surface area contributed by atoms with Crippen molar-refractivity contribution in [3.63, 3.8) is 0 Å². The largest absolute Gasteiger partial charge is 0.496 e. The first-order chi connectivity index (χ1) is 15.6. The summed E-state index contributed by atoms with van der Waals surface area (Å²) in [6, 6.07) is 17.0. The minimum atomic E-state index is -0.389. The van der Waals surface area contributed by atoms with Crippen molar-refractivity contribution in [2.75, 3.05) is 12.4 Å². The Kier molecular flexibility index (Phi) is 6.31. The number of carbonyl (C=O) groups is 1. The van der Waals surface area contributed by atoms with E-state index in [-0.39, 0.29) is 17.7 Å². The van der Waals surface area contributed by atoms with Gasteiger partial charge in [-0.15, -0.1) is 5.10 Å². The number of nitrogens with one attached hydrogen (secondary N) is 1. The molecule has 0 aliphatic heterocycles. The number of rotatable bonds is 7. The summed E-state index contributed by atoms with van der Waals surface area (Å²) < 4.78 is 19.7. The average Bonchev–Trinajstić information content (AvgIpc) is 3.27. The van der Waals surface area contributed by atoms with Crippen molar-refractivity contribution in [3.8, 4) is 17.1 Å². The second-order valence-electron chi connectivity index (χ2n) is 6.81. The van der Waals surface area contributed by atoms with E-state index < -0.39 is 0 Å². The van der Waals surface area contributed by atoms with Crippen LogP contribution in [0.2, 0.25) is 0 Å². The van der Waals surface area contributed by atoms with Gasteiger partial charge in [-0.2, -0.15) is 9.67 Å². The molecule has 2 heterocycles. The van der Waals surface area contributed by atoms with E-state index in [1.807, 2.05) is 30.3 Å². The summed E-state index contributed by atoms with van der Waals surface area (Å²) in [5.74, 6) is 0.579. The van der Waals surface area contributed by atoms with Gasteiger partial charge in [0.1, 0.15) is 11.6 Å². The lowest BCUT2D eigenvalue weighted by Crippen LogP contribution is -2.14. The normalized spacial score (nSPS) is 10.9. The van der Waals surface area contributed by atoms with Crippen LogP contribution < -0.4 is 10.1 Å². The molecule has 0 atom stereocenters. The third-order valence-electron chi connectivity index (χ3n) is 4.64. The molecule has 0 bridgehead atoms. The zero-order valence-electron chi connectivity index (χ0n) is 17.3. The van der Waals surface area contributed by atoms with Gasteiger partial charge in [-0.1, -0.05) is 30.3 Å². The molecule has 160 valence electrons. The highest BCUT2D eigenvalue weighted by molar-refractivity contribution is 5.95. The number of nitrogens with zero attached hydrogens (tertiary/aromatic N) is 4. The molecule has 1 N–H and O–H groups in total. The molecule has 0 fully saturated rings. The van der Waals surface area contributed by atoms with Crippen molar-refractivity contribution in [2.24, 2.45) is 0 Å². The lowest BCUT2D eigenvalue weighted by Gasteiger charge is -2.06. The van der Waals surface area contributed by atoms with E-state index in [1.54, 1.807) is 43.8 Å². The average molecular weight is 429 g/mol. The molecule has 0 unspecified atom stereocenters. The van der Waals surface area contributed by atoms with Gasteiger partial charge in [0.25, 0.3) is 5.91 Å². The number of allylic oxidation sites excluding steroid dienone is 1. The Hall–Kier alpha value is -4.33. The fraction of sp³-hybridized carbons (Fsp3) is 0.0833. The summed E-state index contributed by atoms with van der Waals surface area (Å²) in [7, 11) is 1.57. The molecule has 0 aliphatic carbocycles. The molecule has 0 saturated heterocycles. The molecule has 2 aromatic heterocycles. The van der Waals surface area contributed by atoms with Gasteiger partial charge in [0.05, 0.1) is 7.11 Å². The van der Waals surface area contributed by atoms with Gasteiger partial charge in [0.2, 0.25) is 5.95 Å². The number of para-hydroxylation sites is 1. The van der Waals surface area contributed by atoms with Gasteiger partial charge in [-0.25, -0.2) is 4.39 Å². The number of pyridine rings is 1. The van der Waals surface area contributed by atoms with Crippen LogP contribution in [0.15, 0.2) is 79.1 Å². The van der Waals surface area contributed by atoms with Crippen LogP contribution in [0.25, 0.3) is 17.5 Å². The van der Waals surface area contributed by atoms with Crippen LogP contribution in [0, 0.1) is 5.82 Å². The topological polar surface area (TPSA) is 81.9 Å². The van der Waals surface area contributed by atoms with Crippen LogP contribution in [0.3, 0.4) is 0 Å². The Bertz CT molecular complexity index is 1240. The highest BCUT2D eigenvalue weighted by Crippen LogP contribution is 2.20. The molecule has 0 saturated carbocycles. The third-order valence-corrected chi connectivity index (χ3v) is 4.64. The molecule has 8 heteroatoms. The Balaban J connectivity index is 1.62. The highest BCUT2D eigenvalue weighted by Gasteiger charge is 2.16. The number of hydrogen-bond acceptors (Lipinski definition) is 6.